The molecular formula is C16H21NO. The molecule has 1 aromatic carbocycles. The molecule has 0 fully saturated rings. The number of carbonyl (C=O) groups excluding carboxylic acids is 1. The quantitative estimate of drug-likeness (QED) is 0.882. The molecule has 18 heavy (non-hydrogen) atoms. The van der Waals surface area contributed by atoms with Gasteiger partial charge in [0.15, 0.2) is 5.78 Å². The first-order chi connectivity index (χ1) is 8.79. The lowest BCUT2D eigenvalue weighted by molar-refractivity contribution is -0.117. The topological polar surface area (TPSA) is 43.1 Å². The maximum atomic E-state index is 12.4. The molecule has 0 spiro atoms. The Bertz CT molecular complexity index is 422. The van der Waals surface area contributed by atoms with Crippen LogP contribution in [-0.2, 0) is 4.79 Å². The van der Waals surface area contributed by atoms with Gasteiger partial charge >= 0.3 is 0 Å². The van der Waals surface area contributed by atoms with Crippen LogP contribution in [-0.4, -0.2) is 5.78 Å². The number of rotatable bonds is 3. The average molecular weight is 243 g/mol. The van der Waals surface area contributed by atoms with Gasteiger partial charge in [-0.3, -0.25) is 4.79 Å². The average Bonchev–Trinajstić information content (AvgIpc) is 2.38. The van der Waals surface area contributed by atoms with E-state index in [0.717, 1.165) is 30.4 Å². The van der Waals surface area contributed by atoms with Crippen molar-refractivity contribution in [2.24, 2.45) is 5.73 Å². The molecule has 1 aliphatic rings. The van der Waals surface area contributed by atoms with Crippen LogP contribution in [0, 0.1) is 0 Å². The van der Waals surface area contributed by atoms with Gasteiger partial charge in [0.05, 0.1) is 6.04 Å². The molecule has 1 unspecified atom stereocenters. The first kappa shape index (κ1) is 13.0. The second-order valence-electron chi connectivity index (χ2n) is 4.93. The van der Waals surface area contributed by atoms with Gasteiger partial charge in [0.2, 0.25) is 0 Å². The van der Waals surface area contributed by atoms with Crippen molar-refractivity contribution in [1.29, 1.82) is 0 Å². The van der Waals surface area contributed by atoms with Crippen LogP contribution in [0.3, 0.4) is 0 Å². The Morgan fingerprint density at radius 1 is 1.06 bits per heavy atom. The first-order valence-electron chi connectivity index (χ1n) is 6.83. The van der Waals surface area contributed by atoms with Gasteiger partial charge < -0.3 is 5.73 Å². The van der Waals surface area contributed by atoms with E-state index >= 15 is 0 Å². The van der Waals surface area contributed by atoms with Crippen molar-refractivity contribution >= 4 is 5.78 Å². The summed E-state index contributed by atoms with van der Waals surface area (Å²) < 4.78 is 0. The molecule has 0 saturated carbocycles. The van der Waals surface area contributed by atoms with Crippen molar-refractivity contribution in [1.82, 2.24) is 0 Å². The summed E-state index contributed by atoms with van der Waals surface area (Å²) in [6.45, 7) is 0. The molecule has 0 heterocycles. The Morgan fingerprint density at radius 2 is 1.78 bits per heavy atom. The van der Waals surface area contributed by atoms with Gasteiger partial charge in [0, 0.05) is 0 Å². The van der Waals surface area contributed by atoms with Crippen LogP contribution < -0.4 is 5.73 Å². The zero-order valence-corrected chi connectivity index (χ0v) is 10.8. The Kier molecular flexibility index (Phi) is 4.71. The SMILES string of the molecule is NC(C(=O)/C1=C/CCCCCC1)c1ccccc1. The second-order valence-corrected chi connectivity index (χ2v) is 4.93. The monoisotopic (exact) mass is 243 g/mol. The van der Waals surface area contributed by atoms with Crippen molar-refractivity contribution in [2.45, 2.75) is 44.6 Å². The third-order valence-electron chi connectivity index (χ3n) is 3.55. The van der Waals surface area contributed by atoms with E-state index in [1.165, 1.54) is 19.3 Å². The number of nitrogens with two attached hydrogens (primary N) is 1. The summed E-state index contributed by atoms with van der Waals surface area (Å²) in [4.78, 5) is 12.4. The van der Waals surface area contributed by atoms with Gasteiger partial charge in [-0.25, -0.2) is 0 Å². The zero-order valence-electron chi connectivity index (χ0n) is 10.8. The van der Waals surface area contributed by atoms with Crippen LogP contribution in [0.4, 0.5) is 0 Å². The number of benzene rings is 1. The minimum absolute atomic E-state index is 0.100. The molecular weight excluding hydrogens is 222 g/mol. The van der Waals surface area contributed by atoms with Crippen LogP contribution in [0.25, 0.3) is 0 Å². The molecule has 2 nitrogen and oxygen atoms in total. The van der Waals surface area contributed by atoms with E-state index in [1.807, 2.05) is 30.3 Å². The Hall–Kier alpha value is -1.41. The van der Waals surface area contributed by atoms with Crippen molar-refractivity contribution in [2.75, 3.05) is 0 Å². The molecule has 96 valence electrons. The van der Waals surface area contributed by atoms with Gasteiger partial charge in [-0.15, -0.1) is 0 Å². The highest BCUT2D eigenvalue weighted by Crippen LogP contribution is 2.22. The van der Waals surface area contributed by atoms with Crippen LogP contribution in [0.15, 0.2) is 42.0 Å². The van der Waals surface area contributed by atoms with E-state index < -0.39 is 6.04 Å². The highest BCUT2D eigenvalue weighted by Gasteiger charge is 2.19. The summed E-state index contributed by atoms with van der Waals surface area (Å²) in [6, 6.07) is 9.13. The maximum Gasteiger partial charge on any atom is 0.179 e. The predicted molar refractivity (Wildman–Crippen MR) is 74.2 cm³/mol. The Labute approximate surface area is 109 Å². The number of ketones is 1. The minimum atomic E-state index is -0.503. The highest BCUT2D eigenvalue weighted by molar-refractivity contribution is 5.99. The highest BCUT2D eigenvalue weighted by atomic mass is 16.1. The molecule has 0 aliphatic heterocycles. The lowest BCUT2D eigenvalue weighted by Gasteiger charge is -2.15. The fourth-order valence-electron chi connectivity index (χ4n) is 2.43. The smallest absolute Gasteiger partial charge is 0.179 e. The fourth-order valence-corrected chi connectivity index (χ4v) is 2.43. The molecule has 2 heteroatoms. The van der Waals surface area contributed by atoms with E-state index in [9.17, 15) is 4.79 Å². The lowest BCUT2D eigenvalue weighted by Crippen LogP contribution is -2.23. The molecule has 1 atom stereocenters. The minimum Gasteiger partial charge on any atom is -0.318 e. The number of allylic oxidation sites excluding steroid dienone is 1. The van der Waals surface area contributed by atoms with Crippen molar-refractivity contribution in [3.63, 3.8) is 0 Å². The van der Waals surface area contributed by atoms with Gasteiger partial charge in [-0.05, 0) is 36.8 Å². The van der Waals surface area contributed by atoms with E-state index in [1.54, 1.807) is 0 Å². The van der Waals surface area contributed by atoms with Gasteiger partial charge in [0.25, 0.3) is 0 Å². The van der Waals surface area contributed by atoms with Crippen LogP contribution >= 0.6 is 0 Å². The van der Waals surface area contributed by atoms with Crippen molar-refractivity contribution in [3.8, 4) is 0 Å². The lowest BCUT2D eigenvalue weighted by atomic mass is 9.92. The number of Topliss-reactive ketones (excluding diaryl/α,β-unsaturated/α-hetero) is 1. The van der Waals surface area contributed by atoms with Gasteiger partial charge in [-0.1, -0.05) is 49.2 Å². The number of hydrogen-bond acceptors (Lipinski definition) is 2. The summed E-state index contributed by atoms with van der Waals surface area (Å²) >= 11 is 0. The molecule has 0 radical (unpaired) electrons. The van der Waals surface area contributed by atoms with Crippen LogP contribution in [0.1, 0.15) is 50.1 Å². The Balaban J connectivity index is 2.10. The molecule has 0 saturated heterocycles. The molecule has 2 rings (SSSR count). The molecule has 0 amide bonds. The van der Waals surface area contributed by atoms with Crippen molar-refractivity contribution < 1.29 is 4.79 Å². The van der Waals surface area contributed by atoms with Crippen LogP contribution in [0.5, 0.6) is 0 Å². The molecule has 0 bridgehead atoms. The third-order valence-corrected chi connectivity index (χ3v) is 3.55. The molecule has 1 aliphatic carbocycles. The van der Waals surface area contributed by atoms with E-state index in [-0.39, 0.29) is 5.78 Å². The molecule has 1 aromatic rings. The fraction of sp³-hybridized carbons (Fsp3) is 0.438. The third kappa shape index (κ3) is 3.30. The van der Waals surface area contributed by atoms with Gasteiger partial charge in [-0.2, -0.15) is 0 Å². The summed E-state index contributed by atoms with van der Waals surface area (Å²) in [6.07, 6.45) is 8.82. The number of carbonyl (C=O) groups is 1. The van der Waals surface area contributed by atoms with Crippen LogP contribution in [0.2, 0.25) is 0 Å². The normalized spacial score (nSPS) is 21.3. The van der Waals surface area contributed by atoms with Gasteiger partial charge in [0.1, 0.15) is 0 Å². The second kappa shape index (κ2) is 6.50. The summed E-state index contributed by atoms with van der Waals surface area (Å²) in [7, 11) is 0. The largest absolute Gasteiger partial charge is 0.318 e. The van der Waals surface area contributed by atoms with E-state index in [2.05, 4.69) is 6.08 Å². The number of hydrogen-bond donors (Lipinski definition) is 1. The first-order valence-corrected chi connectivity index (χ1v) is 6.83. The summed E-state index contributed by atoms with van der Waals surface area (Å²) in [5.41, 5.74) is 7.91. The van der Waals surface area contributed by atoms with E-state index in [4.69, 9.17) is 5.73 Å². The summed E-state index contributed by atoms with van der Waals surface area (Å²) in [5.74, 6) is 0.100. The molecule has 2 N–H and O–H groups in total. The summed E-state index contributed by atoms with van der Waals surface area (Å²) in [5, 5.41) is 0. The van der Waals surface area contributed by atoms with E-state index in [0.29, 0.717) is 0 Å². The van der Waals surface area contributed by atoms with Crippen molar-refractivity contribution in [3.05, 3.63) is 47.5 Å². The standard InChI is InChI=1S/C16H21NO/c17-15(13-9-7-4-8-10-13)16(18)14-11-5-2-1-3-6-12-14/h4,7-11,15H,1-3,5-6,12,17H2/b14-11+. The Morgan fingerprint density at radius 3 is 2.56 bits per heavy atom. The maximum absolute atomic E-state index is 12.4. The zero-order chi connectivity index (χ0) is 12.8. The molecule has 0 aromatic heterocycles. The predicted octanol–water partition coefficient (Wildman–Crippen LogP) is 3.54.